The molecule has 0 saturated carbocycles. The van der Waals surface area contributed by atoms with E-state index in [0.29, 0.717) is 6.04 Å². The Kier molecular flexibility index (Phi) is 3.20. The lowest BCUT2D eigenvalue weighted by Crippen LogP contribution is -2.15. The predicted octanol–water partition coefficient (Wildman–Crippen LogP) is 4.58. The fourth-order valence-corrected chi connectivity index (χ4v) is 4.54. The minimum absolute atomic E-state index is 0.322. The lowest BCUT2D eigenvalue weighted by Gasteiger charge is -2.13. The first-order chi connectivity index (χ1) is 8.79. The Morgan fingerprint density at radius 3 is 2.67 bits per heavy atom. The molecular weight excluding hydrogens is 258 g/mol. The van der Waals surface area contributed by atoms with Gasteiger partial charge < -0.3 is 5.32 Å². The van der Waals surface area contributed by atoms with Gasteiger partial charge in [-0.1, -0.05) is 18.2 Å². The van der Waals surface area contributed by atoms with Gasteiger partial charge in [-0.15, -0.1) is 22.7 Å². The maximum absolute atomic E-state index is 3.44. The van der Waals surface area contributed by atoms with Crippen LogP contribution in [-0.4, -0.2) is 7.05 Å². The van der Waals surface area contributed by atoms with Gasteiger partial charge in [-0.05, 0) is 48.5 Å². The van der Waals surface area contributed by atoms with E-state index in [-0.39, 0.29) is 0 Å². The molecule has 0 aliphatic carbocycles. The van der Waals surface area contributed by atoms with Gasteiger partial charge in [0.25, 0.3) is 0 Å². The normalized spacial score (nSPS) is 13.0. The molecule has 0 radical (unpaired) electrons. The first-order valence-electron chi connectivity index (χ1n) is 5.99. The molecule has 3 aromatic rings. The summed E-state index contributed by atoms with van der Waals surface area (Å²) in [5.41, 5.74) is 1.37. The molecule has 1 aromatic carbocycles. The average molecular weight is 273 g/mol. The summed E-state index contributed by atoms with van der Waals surface area (Å²) in [4.78, 5) is 2.81. The van der Waals surface area contributed by atoms with Crippen molar-refractivity contribution in [1.29, 1.82) is 0 Å². The van der Waals surface area contributed by atoms with Gasteiger partial charge in [0.15, 0.2) is 0 Å². The van der Waals surface area contributed by atoms with Crippen LogP contribution in [0.15, 0.2) is 41.8 Å². The molecule has 1 N–H and O–H groups in total. The summed E-state index contributed by atoms with van der Waals surface area (Å²) < 4.78 is 1.36. The zero-order valence-corrected chi connectivity index (χ0v) is 12.1. The Bertz CT molecular complexity index is 633. The molecule has 0 spiro atoms. The molecule has 0 saturated heterocycles. The molecule has 3 rings (SSSR count). The van der Waals surface area contributed by atoms with Gasteiger partial charge in [-0.2, -0.15) is 0 Å². The minimum atomic E-state index is 0.322. The summed E-state index contributed by atoms with van der Waals surface area (Å²) in [6, 6.07) is 13.4. The number of rotatable bonds is 3. The minimum Gasteiger partial charge on any atom is -0.308 e. The number of benzene rings is 1. The Hall–Kier alpha value is -1.16. The van der Waals surface area contributed by atoms with Crippen LogP contribution in [0.3, 0.4) is 0 Å². The van der Waals surface area contributed by atoms with E-state index < -0.39 is 0 Å². The summed E-state index contributed by atoms with van der Waals surface area (Å²) >= 11 is 3.71. The van der Waals surface area contributed by atoms with Crippen LogP contribution in [-0.2, 0) is 0 Å². The molecular formula is C15H15NS2. The summed E-state index contributed by atoms with van der Waals surface area (Å²) in [5, 5.41) is 6.95. The zero-order valence-electron chi connectivity index (χ0n) is 10.4. The molecule has 1 nitrogen and oxygen atoms in total. The topological polar surface area (TPSA) is 12.0 Å². The van der Waals surface area contributed by atoms with E-state index in [0.717, 1.165) is 0 Å². The lowest BCUT2D eigenvalue weighted by molar-refractivity contribution is 0.713. The molecule has 1 unspecified atom stereocenters. The standard InChI is InChI=1S/C15H15NS2/c1-10-7-8-17-15(10)14(16-2)13-9-11-5-3-4-6-12(11)18-13/h3-9,14,16H,1-2H3. The van der Waals surface area contributed by atoms with Crippen LogP contribution in [0.5, 0.6) is 0 Å². The van der Waals surface area contributed by atoms with E-state index >= 15 is 0 Å². The van der Waals surface area contributed by atoms with E-state index in [1.54, 1.807) is 0 Å². The van der Waals surface area contributed by atoms with Crippen molar-refractivity contribution >= 4 is 32.8 Å². The smallest absolute Gasteiger partial charge is 0.0765 e. The highest BCUT2D eigenvalue weighted by Crippen LogP contribution is 2.35. The van der Waals surface area contributed by atoms with Crippen molar-refractivity contribution in [2.75, 3.05) is 7.05 Å². The highest BCUT2D eigenvalue weighted by Gasteiger charge is 2.17. The second-order valence-corrected chi connectivity index (χ2v) is 6.44. The first-order valence-corrected chi connectivity index (χ1v) is 7.69. The van der Waals surface area contributed by atoms with Gasteiger partial charge in [0, 0.05) is 14.5 Å². The number of hydrogen-bond donors (Lipinski definition) is 1. The fourth-order valence-electron chi connectivity index (χ4n) is 2.23. The van der Waals surface area contributed by atoms with Gasteiger partial charge in [0.05, 0.1) is 6.04 Å². The van der Waals surface area contributed by atoms with Crippen molar-refractivity contribution in [3.63, 3.8) is 0 Å². The number of hydrogen-bond acceptors (Lipinski definition) is 3. The second-order valence-electron chi connectivity index (χ2n) is 4.38. The van der Waals surface area contributed by atoms with Crippen molar-refractivity contribution in [1.82, 2.24) is 5.32 Å². The molecule has 2 aromatic heterocycles. The largest absolute Gasteiger partial charge is 0.308 e. The Morgan fingerprint density at radius 1 is 1.17 bits per heavy atom. The quantitative estimate of drug-likeness (QED) is 0.736. The predicted molar refractivity (Wildman–Crippen MR) is 81.8 cm³/mol. The van der Waals surface area contributed by atoms with Gasteiger partial charge in [0.1, 0.15) is 0 Å². The van der Waals surface area contributed by atoms with E-state index in [2.05, 4.69) is 54.0 Å². The number of thiophene rings is 2. The van der Waals surface area contributed by atoms with Crippen LogP contribution < -0.4 is 5.32 Å². The summed E-state index contributed by atoms with van der Waals surface area (Å²) in [7, 11) is 2.04. The van der Waals surface area contributed by atoms with Crippen LogP contribution in [0, 0.1) is 6.92 Å². The van der Waals surface area contributed by atoms with E-state index in [1.165, 1.54) is 25.4 Å². The Morgan fingerprint density at radius 2 is 2.00 bits per heavy atom. The third-order valence-corrected chi connectivity index (χ3v) is 5.45. The molecule has 0 bridgehead atoms. The molecule has 0 aliphatic rings. The summed E-state index contributed by atoms with van der Waals surface area (Å²) in [6.45, 7) is 2.18. The van der Waals surface area contributed by atoms with E-state index in [4.69, 9.17) is 0 Å². The molecule has 18 heavy (non-hydrogen) atoms. The average Bonchev–Trinajstić information content (AvgIpc) is 2.97. The van der Waals surface area contributed by atoms with E-state index in [1.807, 2.05) is 29.7 Å². The molecule has 0 amide bonds. The highest BCUT2D eigenvalue weighted by molar-refractivity contribution is 7.19. The molecule has 1 atom stereocenters. The lowest BCUT2D eigenvalue weighted by atomic mass is 10.1. The molecule has 3 heteroatoms. The van der Waals surface area contributed by atoms with E-state index in [9.17, 15) is 0 Å². The Balaban J connectivity index is 2.09. The second kappa shape index (κ2) is 4.84. The number of aryl methyl sites for hydroxylation is 1. The van der Waals surface area contributed by atoms with Crippen LogP contribution >= 0.6 is 22.7 Å². The molecule has 92 valence electrons. The van der Waals surface area contributed by atoms with Crippen molar-refractivity contribution in [2.45, 2.75) is 13.0 Å². The van der Waals surface area contributed by atoms with Crippen LogP contribution in [0.25, 0.3) is 10.1 Å². The number of fused-ring (bicyclic) bond motifs is 1. The van der Waals surface area contributed by atoms with Gasteiger partial charge in [-0.25, -0.2) is 0 Å². The summed E-state index contributed by atoms with van der Waals surface area (Å²) in [5.74, 6) is 0. The van der Waals surface area contributed by atoms with Crippen molar-refractivity contribution in [3.05, 3.63) is 57.1 Å². The third-order valence-electron chi connectivity index (χ3n) is 3.18. The molecule has 0 aliphatic heterocycles. The third kappa shape index (κ3) is 1.99. The molecule has 2 heterocycles. The number of nitrogens with one attached hydrogen (secondary N) is 1. The fraction of sp³-hybridized carbons (Fsp3) is 0.200. The Labute approximate surface area is 115 Å². The van der Waals surface area contributed by atoms with Crippen molar-refractivity contribution < 1.29 is 0 Å². The van der Waals surface area contributed by atoms with Crippen LogP contribution in [0.4, 0.5) is 0 Å². The van der Waals surface area contributed by atoms with Gasteiger partial charge in [0.2, 0.25) is 0 Å². The maximum Gasteiger partial charge on any atom is 0.0765 e. The van der Waals surface area contributed by atoms with Gasteiger partial charge >= 0.3 is 0 Å². The first kappa shape index (κ1) is 11.9. The van der Waals surface area contributed by atoms with Crippen molar-refractivity contribution in [2.24, 2.45) is 0 Å². The van der Waals surface area contributed by atoms with Gasteiger partial charge in [-0.3, -0.25) is 0 Å². The maximum atomic E-state index is 3.44. The van der Waals surface area contributed by atoms with Crippen LogP contribution in [0.2, 0.25) is 0 Å². The SMILES string of the molecule is CNC(c1cc2ccccc2s1)c1sccc1C. The monoisotopic (exact) mass is 273 g/mol. The highest BCUT2D eigenvalue weighted by atomic mass is 32.1. The van der Waals surface area contributed by atoms with Crippen molar-refractivity contribution in [3.8, 4) is 0 Å². The van der Waals surface area contributed by atoms with Crippen LogP contribution in [0.1, 0.15) is 21.4 Å². The zero-order chi connectivity index (χ0) is 12.5. The summed E-state index contributed by atoms with van der Waals surface area (Å²) in [6.07, 6.45) is 0. The molecule has 0 fully saturated rings.